The SMILES string of the molecule is CN1CCCC(CNC(=O)c2cc(Br)c(Br)s2)C1. The third-order valence-electron chi connectivity index (χ3n) is 3.14. The van der Waals surface area contributed by atoms with Gasteiger partial charge in [-0.15, -0.1) is 11.3 Å². The number of rotatable bonds is 3. The Morgan fingerprint density at radius 3 is 3.00 bits per heavy atom. The van der Waals surface area contributed by atoms with Crippen LogP contribution >= 0.6 is 43.2 Å². The monoisotopic (exact) mass is 394 g/mol. The van der Waals surface area contributed by atoms with E-state index in [-0.39, 0.29) is 5.91 Å². The van der Waals surface area contributed by atoms with Gasteiger partial charge in [0.05, 0.1) is 8.66 Å². The van der Waals surface area contributed by atoms with Gasteiger partial charge in [0.2, 0.25) is 0 Å². The lowest BCUT2D eigenvalue weighted by molar-refractivity contribution is 0.0941. The van der Waals surface area contributed by atoms with Crippen LogP contribution in [0.3, 0.4) is 0 Å². The average Bonchev–Trinajstić information content (AvgIpc) is 2.67. The molecule has 100 valence electrons. The summed E-state index contributed by atoms with van der Waals surface area (Å²) in [5.41, 5.74) is 0. The molecule has 0 aliphatic carbocycles. The number of halogens is 2. The zero-order valence-corrected chi connectivity index (χ0v) is 14.2. The van der Waals surface area contributed by atoms with Crippen molar-refractivity contribution in [2.24, 2.45) is 5.92 Å². The van der Waals surface area contributed by atoms with Gasteiger partial charge in [-0.05, 0) is 70.3 Å². The number of nitrogens with zero attached hydrogens (tertiary/aromatic N) is 1. The van der Waals surface area contributed by atoms with Crippen LogP contribution < -0.4 is 5.32 Å². The van der Waals surface area contributed by atoms with E-state index in [1.54, 1.807) is 0 Å². The Balaban J connectivity index is 1.84. The summed E-state index contributed by atoms with van der Waals surface area (Å²) in [6, 6.07) is 1.86. The van der Waals surface area contributed by atoms with Crippen molar-refractivity contribution >= 4 is 49.1 Å². The summed E-state index contributed by atoms with van der Waals surface area (Å²) in [6.45, 7) is 3.03. The molecule has 0 radical (unpaired) electrons. The van der Waals surface area contributed by atoms with Crippen molar-refractivity contribution < 1.29 is 4.79 Å². The van der Waals surface area contributed by atoms with Gasteiger partial charge in [-0.1, -0.05) is 0 Å². The first-order chi connectivity index (χ1) is 8.56. The number of nitrogens with one attached hydrogen (secondary N) is 1. The lowest BCUT2D eigenvalue weighted by Crippen LogP contribution is -2.38. The van der Waals surface area contributed by atoms with Crippen LogP contribution in [0.25, 0.3) is 0 Å². The third-order valence-corrected chi connectivity index (χ3v) is 6.40. The number of piperidine rings is 1. The predicted molar refractivity (Wildman–Crippen MR) is 82.3 cm³/mol. The lowest BCUT2D eigenvalue weighted by Gasteiger charge is -2.29. The highest BCUT2D eigenvalue weighted by Crippen LogP contribution is 2.32. The maximum Gasteiger partial charge on any atom is 0.261 e. The number of carbonyl (C=O) groups excluding carboxylic acids is 1. The fraction of sp³-hybridized carbons (Fsp3) is 0.583. The van der Waals surface area contributed by atoms with Crippen LogP contribution in [0, 0.1) is 5.92 Å². The number of carbonyl (C=O) groups is 1. The van der Waals surface area contributed by atoms with Gasteiger partial charge in [0.25, 0.3) is 5.91 Å². The van der Waals surface area contributed by atoms with Crippen LogP contribution in [0.2, 0.25) is 0 Å². The van der Waals surface area contributed by atoms with E-state index in [1.807, 2.05) is 6.07 Å². The Labute approximate surface area is 128 Å². The van der Waals surface area contributed by atoms with Crippen LogP contribution in [-0.2, 0) is 0 Å². The summed E-state index contributed by atoms with van der Waals surface area (Å²) in [5.74, 6) is 0.610. The highest BCUT2D eigenvalue weighted by Gasteiger charge is 2.18. The topological polar surface area (TPSA) is 32.3 Å². The maximum absolute atomic E-state index is 12.0. The Morgan fingerprint density at radius 1 is 1.61 bits per heavy atom. The summed E-state index contributed by atoms with van der Waals surface area (Å²) in [5, 5.41) is 3.03. The molecule has 6 heteroatoms. The van der Waals surface area contributed by atoms with Crippen LogP contribution in [0.4, 0.5) is 0 Å². The van der Waals surface area contributed by atoms with E-state index in [9.17, 15) is 4.79 Å². The molecule has 2 heterocycles. The van der Waals surface area contributed by atoms with Gasteiger partial charge in [-0.3, -0.25) is 4.79 Å². The molecule has 18 heavy (non-hydrogen) atoms. The molecule has 1 aromatic heterocycles. The summed E-state index contributed by atoms with van der Waals surface area (Å²) >= 11 is 8.26. The molecule has 0 spiro atoms. The minimum absolute atomic E-state index is 0.0274. The normalized spacial score (nSPS) is 20.9. The van der Waals surface area contributed by atoms with E-state index in [0.717, 1.165) is 26.2 Å². The van der Waals surface area contributed by atoms with Gasteiger partial charge in [-0.2, -0.15) is 0 Å². The Bertz CT molecular complexity index is 416. The Morgan fingerprint density at radius 2 is 2.39 bits per heavy atom. The van der Waals surface area contributed by atoms with Gasteiger partial charge in [-0.25, -0.2) is 0 Å². The first-order valence-electron chi connectivity index (χ1n) is 5.98. The standard InChI is InChI=1S/C12H16Br2N2OS/c1-16-4-2-3-8(7-16)6-15-12(17)10-5-9(13)11(14)18-10/h5,8H,2-4,6-7H2,1H3,(H,15,17). The molecule has 2 rings (SSSR count). The maximum atomic E-state index is 12.0. The average molecular weight is 396 g/mol. The molecule has 1 fully saturated rings. The molecule has 1 aliphatic rings. The minimum Gasteiger partial charge on any atom is -0.351 e. The van der Waals surface area contributed by atoms with Gasteiger partial charge < -0.3 is 10.2 Å². The zero-order valence-electron chi connectivity index (χ0n) is 10.2. The predicted octanol–water partition coefficient (Wildman–Crippen LogP) is 3.34. The third kappa shape index (κ3) is 3.79. The summed E-state index contributed by atoms with van der Waals surface area (Å²) in [6.07, 6.45) is 2.44. The van der Waals surface area contributed by atoms with E-state index in [4.69, 9.17) is 0 Å². The van der Waals surface area contributed by atoms with Crippen molar-refractivity contribution in [1.82, 2.24) is 10.2 Å². The first-order valence-corrected chi connectivity index (χ1v) is 8.38. The van der Waals surface area contributed by atoms with Crippen LogP contribution in [0.1, 0.15) is 22.5 Å². The summed E-state index contributed by atoms with van der Waals surface area (Å²) in [4.78, 5) is 15.1. The molecular formula is C12H16Br2N2OS. The van der Waals surface area contributed by atoms with E-state index in [1.165, 1.54) is 30.7 Å². The van der Waals surface area contributed by atoms with Crippen LogP contribution in [0.15, 0.2) is 14.3 Å². The van der Waals surface area contributed by atoms with Crippen molar-refractivity contribution in [3.05, 3.63) is 19.2 Å². The summed E-state index contributed by atoms with van der Waals surface area (Å²) in [7, 11) is 2.14. The van der Waals surface area contributed by atoms with Crippen molar-refractivity contribution in [2.75, 3.05) is 26.7 Å². The fourth-order valence-corrected chi connectivity index (χ4v) is 4.17. The van der Waals surface area contributed by atoms with E-state index < -0.39 is 0 Å². The highest BCUT2D eigenvalue weighted by molar-refractivity contribution is 9.13. The van der Waals surface area contributed by atoms with Crippen molar-refractivity contribution in [3.63, 3.8) is 0 Å². The minimum atomic E-state index is 0.0274. The highest BCUT2D eigenvalue weighted by atomic mass is 79.9. The zero-order chi connectivity index (χ0) is 13.1. The lowest BCUT2D eigenvalue weighted by atomic mass is 9.98. The molecule has 0 saturated carbocycles. The van der Waals surface area contributed by atoms with Gasteiger partial charge >= 0.3 is 0 Å². The number of thiophene rings is 1. The van der Waals surface area contributed by atoms with Gasteiger partial charge in [0.15, 0.2) is 0 Å². The Hall–Kier alpha value is 0.0900. The molecule has 1 N–H and O–H groups in total. The smallest absolute Gasteiger partial charge is 0.261 e. The Kier molecular flexibility index (Phi) is 5.24. The molecule has 1 atom stereocenters. The number of likely N-dealkylation sites (tertiary alicyclic amines) is 1. The molecule has 0 bridgehead atoms. The van der Waals surface area contributed by atoms with E-state index in [2.05, 4.69) is 49.1 Å². The number of amides is 1. The van der Waals surface area contributed by atoms with Crippen molar-refractivity contribution in [1.29, 1.82) is 0 Å². The molecule has 1 aliphatic heterocycles. The van der Waals surface area contributed by atoms with Gasteiger partial charge in [0.1, 0.15) is 0 Å². The number of hydrogen-bond acceptors (Lipinski definition) is 3. The van der Waals surface area contributed by atoms with E-state index in [0.29, 0.717) is 5.92 Å². The molecule has 3 nitrogen and oxygen atoms in total. The second kappa shape index (κ2) is 6.50. The van der Waals surface area contributed by atoms with Crippen molar-refractivity contribution in [3.8, 4) is 0 Å². The molecular weight excluding hydrogens is 380 g/mol. The molecule has 1 saturated heterocycles. The first kappa shape index (κ1) is 14.5. The summed E-state index contributed by atoms with van der Waals surface area (Å²) < 4.78 is 1.90. The van der Waals surface area contributed by atoms with Crippen molar-refractivity contribution in [2.45, 2.75) is 12.8 Å². The largest absolute Gasteiger partial charge is 0.351 e. The van der Waals surface area contributed by atoms with E-state index >= 15 is 0 Å². The second-order valence-electron chi connectivity index (χ2n) is 4.71. The van der Waals surface area contributed by atoms with Crippen LogP contribution in [-0.4, -0.2) is 37.5 Å². The quantitative estimate of drug-likeness (QED) is 0.850. The second-order valence-corrected chi connectivity index (χ2v) is 7.94. The van der Waals surface area contributed by atoms with Gasteiger partial charge in [0, 0.05) is 17.6 Å². The molecule has 1 aromatic rings. The number of hydrogen-bond donors (Lipinski definition) is 1. The fourth-order valence-electron chi connectivity index (χ4n) is 2.22. The van der Waals surface area contributed by atoms with Crippen LogP contribution in [0.5, 0.6) is 0 Å². The molecule has 0 aromatic carbocycles. The molecule has 1 amide bonds. The molecule has 1 unspecified atom stereocenters.